The molecular formula is C21H24ClN3O3S2. The number of sulfone groups is 1. The summed E-state index contributed by atoms with van der Waals surface area (Å²) in [7, 11) is 0.551. The van der Waals surface area contributed by atoms with Crippen LogP contribution < -0.4 is 4.90 Å². The summed E-state index contributed by atoms with van der Waals surface area (Å²) >= 11 is 7.49. The number of nitrogens with zero attached hydrogens (tertiary/aromatic N) is 3. The Morgan fingerprint density at radius 3 is 2.60 bits per heavy atom. The highest BCUT2D eigenvalue weighted by atomic mass is 35.5. The summed E-state index contributed by atoms with van der Waals surface area (Å²) in [6, 6.07) is 11.6. The summed E-state index contributed by atoms with van der Waals surface area (Å²) in [4.78, 5) is 21.8. The number of aromatic nitrogens is 1. The Hall–Kier alpha value is -2.00. The van der Waals surface area contributed by atoms with Crippen LogP contribution >= 0.6 is 22.9 Å². The van der Waals surface area contributed by atoms with Crippen LogP contribution in [0.2, 0.25) is 5.02 Å². The maximum Gasteiger partial charge on any atom is 0.260 e. The first-order valence-electron chi connectivity index (χ1n) is 9.57. The number of halogens is 1. The molecule has 160 valence electrons. The van der Waals surface area contributed by atoms with Crippen molar-refractivity contribution in [3.05, 3.63) is 53.1 Å². The second-order valence-electron chi connectivity index (χ2n) is 7.15. The van der Waals surface area contributed by atoms with Crippen LogP contribution in [0.3, 0.4) is 0 Å². The largest absolute Gasteiger partial charge is 0.309 e. The van der Waals surface area contributed by atoms with Crippen molar-refractivity contribution in [1.29, 1.82) is 0 Å². The normalized spacial score (nSPS) is 11.9. The molecule has 0 fully saturated rings. The molecule has 0 N–H and O–H groups in total. The minimum Gasteiger partial charge on any atom is -0.309 e. The molecule has 1 amide bonds. The Morgan fingerprint density at radius 1 is 1.13 bits per heavy atom. The van der Waals surface area contributed by atoms with Crippen molar-refractivity contribution in [2.75, 3.05) is 37.8 Å². The summed E-state index contributed by atoms with van der Waals surface area (Å²) < 4.78 is 25.4. The molecule has 0 atom stereocenters. The van der Waals surface area contributed by atoms with Gasteiger partial charge in [0.1, 0.15) is 0 Å². The first-order valence-corrected chi connectivity index (χ1v) is 12.4. The van der Waals surface area contributed by atoms with E-state index in [0.717, 1.165) is 23.2 Å². The van der Waals surface area contributed by atoms with Crippen LogP contribution in [0.15, 0.2) is 47.4 Å². The van der Waals surface area contributed by atoms with E-state index >= 15 is 0 Å². The lowest BCUT2D eigenvalue weighted by molar-refractivity contribution is 0.0986. The maximum absolute atomic E-state index is 13.4. The predicted molar refractivity (Wildman–Crippen MR) is 124 cm³/mol. The van der Waals surface area contributed by atoms with Gasteiger partial charge in [-0.2, -0.15) is 0 Å². The van der Waals surface area contributed by atoms with Gasteiger partial charge in [-0.05, 0) is 63.5 Å². The third-order valence-electron chi connectivity index (χ3n) is 4.62. The Kier molecular flexibility index (Phi) is 7.13. The minimum absolute atomic E-state index is 0.0180. The lowest BCUT2D eigenvalue weighted by atomic mass is 10.2. The number of amides is 1. The summed E-state index contributed by atoms with van der Waals surface area (Å²) in [5.74, 6) is -0.289. The SMILES string of the molecule is CCS(=O)(=O)c1cccc(C(=O)N(CCCN(C)C)c2nc3ccc(Cl)cc3s2)c1. The van der Waals surface area contributed by atoms with Crippen molar-refractivity contribution in [2.45, 2.75) is 18.2 Å². The molecule has 0 aliphatic rings. The van der Waals surface area contributed by atoms with Gasteiger partial charge in [-0.25, -0.2) is 13.4 Å². The number of benzene rings is 2. The van der Waals surface area contributed by atoms with E-state index in [2.05, 4.69) is 9.88 Å². The molecule has 3 rings (SSSR count). The predicted octanol–water partition coefficient (Wildman–Crippen LogP) is 4.34. The third-order valence-corrected chi connectivity index (χ3v) is 7.63. The van der Waals surface area contributed by atoms with Gasteiger partial charge in [-0.15, -0.1) is 0 Å². The van der Waals surface area contributed by atoms with Crippen LogP contribution in [0.4, 0.5) is 5.13 Å². The molecule has 0 saturated carbocycles. The average Bonchev–Trinajstić information content (AvgIpc) is 3.13. The molecule has 3 aromatic rings. The Labute approximate surface area is 186 Å². The van der Waals surface area contributed by atoms with Gasteiger partial charge in [0.2, 0.25) is 0 Å². The van der Waals surface area contributed by atoms with Gasteiger partial charge in [0.25, 0.3) is 5.91 Å². The highest BCUT2D eigenvalue weighted by Crippen LogP contribution is 2.32. The topological polar surface area (TPSA) is 70.6 Å². The summed E-state index contributed by atoms with van der Waals surface area (Å²) in [5.41, 5.74) is 1.10. The van der Waals surface area contributed by atoms with Crippen LogP contribution in [0.5, 0.6) is 0 Å². The number of rotatable bonds is 8. The van der Waals surface area contributed by atoms with Crippen LogP contribution in [-0.4, -0.2) is 57.1 Å². The molecule has 0 saturated heterocycles. The van der Waals surface area contributed by atoms with Crippen molar-refractivity contribution in [2.24, 2.45) is 0 Å². The summed E-state index contributed by atoms with van der Waals surface area (Å²) in [6.07, 6.45) is 0.752. The molecule has 0 aliphatic carbocycles. The quantitative estimate of drug-likeness (QED) is 0.494. The van der Waals surface area contributed by atoms with Crippen molar-refractivity contribution in [3.8, 4) is 0 Å². The van der Waals surface area contributed by atoms with Gasteiger partial charge in [0.15, 0.2) is 15.0 Å². The molecule has 1 aromatic heterocycles. The van der Waals surface area contributed by atoms with Crippen molar-refractivity contribution in [1.82, 2.24) is 9.88 Å². The zero-order chi connectivity index (χ0) is 21.9. The smallest absolute Gasteiger partial charge is 0.260 e. The van der Waals surface area contributed by atoms with E-state index in [1.54, 1.807) is 30.0 Å². The highest BCUT2D eigenvalue weighted by Gasteiger charge is 2.23. The Bertz CT molecular complexity index is 1160. The van der Waals surface area contributed by atoms with E-state index in [-0.39, 0.29) is 16.6 Å². The van der Waals surface area contributed by atoms with Gasteiger partial charge in [0, 0.05) is 17.1 Å². The third kappa shape index (κ3) is 5.18. The molecule has 1 heterocycles. The molecule has 6 nitrogen and oxygen atoms in total. The second kappa shape index (κ2) is 9.43. The number of hydrogen-bond acceptors (Lipinski definition) is 6. The molecule has 0 radical (unpaired) electrons. The number of anilines is 1. The van der Waals surface area contributed by atoms with Crippen LogP contribution in [0.25, 0.3) is 10.2 Å². The van der Waals surface area contributed by atoms with E-state index in [1.807, 2.05) is 26.2 Å². The van der Waals surface area contributed by atoms with Crippen LogP contribution in [0, 0.1) is 0 Å². The fourth-order valence-corrected chi connectivity index (χ4v) is 5.17. The van der Waals surface area contributed by atoms with Crippen molar-refractivity contribution in [3.63, 3.8) is 0 Å². The molecule has 0 unspecified atom stereocenters. The molecular weight excluding hydrogens is 442 g/mol. The molecule has 0 bridgehead atoms. The van der Waals surface area contributed by atoms with E-state index < -0.39 is 9.84 Å². The molecule has 9 heteroatoms. The first kappa shape index (κ1) is 22.7. The van der Waals surface area contributed by atoms with Crippen molar-refractivity contribution >= 4 is 54.0 Å². The van der Waals surface area contributed by atoms with Gasteiger partial charge in [-0.3, -0.25) is 9.69 Å². The monoisotopic (exact) mass is 465 g/mol. The first-order chi connectivity index (χ1) is 14.2. The Morgan fingerprint density at radius 2 is 1.90 bits per heavy atom. The molecule has 2 aromatic carbocycles. The second-order valence-corrected chi connectivity index (χ2v) is 10.9. The zero-order valence-electron chi connectivity index (χ0n) is 17.1. The minimum atomic E-state index is -3.40. The van der Waals surface area contributed by atoms with Crippen molar-refractivity contribution < 1.29 is 13.2 Å². The van der Waals surface area contributed by atoms with E-state index in [4.69, 9.17) is 11.6 Å². The lowest BCUT2D eigenvalue weighted by Crippen LogP contribution is -2.33. The lowest BCUT2D eigenvalue weighted by Gasteiger charge is -2.21. The van der Waals surface area contributed by atoms with Gasteiger partial charge in [0.05, 0.1) is 20.9 Å². The standard InChI is InChI=1S/C21H24ClN3O3S2/c1-4-30(27,28)17-8-5-7-15(13-17)20(26)25(12-6-11-24(2)3)21-23-18-10-9-16(22)14-19(18)29-21/h5,7-10,13-14H,4,6,11-12H2,1-3H3. The number of carbonyl (C=O) groups is 1. The van der Waals surface area contributed by atoms with Crippen LogP contribution in [-0.2, 0) is 9.84 Å². The maximum atomic E-state index is 13.4. The fraction of sp³-hybridized carbons (Fsp3) is 0.333. The summed E-state index contributed by atoms with van der Waals surface area (Å²) in [6.45, 7) is 2.86. The van der Waals surface area contributed by atoms with E-state index in [0.29, 0.717) is 22.3 Å². The van der Waals surface area contributed by atoms with Crippen LogP contribution in [0.1, 0.15) is 23.7 Å². The molecule has 0 spiro atoms. The Balaban J connectivity index is 1.99. The van der Waals surface area contributed by atoms with Gasteiger partial charge >= 0.3 is 0 Å². The fourth-order valence-electron chi connectivity index (χ4n) is 2.98. The highest BCUT2D eigenvalue weighted by molar-refractivity contribution is 7.91. The van der Waals surface area contributed by atoms with Gasteiger partial charge in [-0.1, -0.05) is 35.9 Å². The number of carbonyl (C=O) groups excluding carboxylic acids is 1. The average molecular weight is 466 g/mol. The zero-order valence-corrected chi connectivity index (χ0v) is 19.5. The van der Waals surface area contributed by atoms with E-state index in [9.17, 15) is 13.2 Å². The number of hydrogen-bond donors (Lipinski definition) is 0. The van der Waals surface area contributed by atoms with E-state index in [1.165, 1.54) is 23.5 Å². The summed E-state index contributed by atoms with van der Waals surface area (Å²) in [5, 5.41) is 1.18. The number of fused-ring (bicyclic) bond motifs is 1. The molecule has 30 heavy (non-hydrogen) atoms. The number of thiazole rings is 1. The van der Waals surface area contributed by atoms with Gasteiger partial charge < -0.3 is 4.90 Å². The molecule has 0 aliphatic heterocycles.